The maximum Gasteiger partial charge on any atom is 0.338 e. The number of phenolic OH excluding ortho intramolecular Hbond substituents is 1. The van der Waals surface area contributed by atoms with Crippen LogP contribution in [0.3, 0.4) is 0 Å². The van der Waals surface area contributed by atoms with Crippen LogP contribution >= 0.6 is 15.9 Å². The van der Waals surface area contributed by atoms with E-state index in [-0.39, 0.29) is 23.5 Å². The fourth-order valence-corrected chi connectivity index (χ4v) is 1.82. The molecular weight excluding hydrogens is 274 g/mol. The van der Waals surface area contributed by atoms with Crippen LogP contribution in [0.15, 0.2) is 12.1 Å². The highest BCUT2D eigenvalue weighted by molar-refractivity contribution is 9.08. The van der Waals surface area contributed by atoms with Crippen molar-refractivity contribution in [2.45, 2.75) is 12.3 Å². The van der Waals surface area contributed by atoms with Crippen molar-refractivity contribution in [3.05, 3.63) is 28.8 Å². The van der Waals surface area contributed by atoms with Crippen LogP contribution in [0, 0.1) is 11.3 Å². The molecule has 0 aliphatic heterocycles. The van der Waals surface area contributed by atoms with Gasteiger partial charge in [-0.2, -0.15) is 5.26 Å². The van der Waals surface area contributed by atoms with Gasteiger partial charge in [-0.1, -0.05) is 15.9 Å². The molecule has 0 radical (unpaired) electrons. The molecule has 5 heteroatoms. The van der Waals surface area contributed by atoms with Crippen LogP contribution in [0.5, 0.6) is 5.75 Å². The van der Waals surface area contributed by atoms with Crippen LogP contribution < -0.4 is 0 Å². The van der Waals surface area contributed by atoms with E-state index in [0.29, 0.717) is 10.9 Å². The number of hydrogen-bond donors (Lipinski definition) is 1. The Morgan fingerprint density at radius 1 is 1.62 bits per heavy atom. The average Bonchev–Trinajstić information content (AvgIpc) is 2.28. The molecule has 84 valence electrons. The molecule has 0 aromatic heterocycles. The molecule has 0 aliphatic carbocycles. The van der Waals surface area contributed by atoms with Crippen molar-refractivity contribution in [3.8, 4) is 11.8 Å². The first-order valence-corrected chi connectivity index (χ1v) is 5.75. The number of ether oxygens (including phenoxy) is 1. The number of benzene rings is 1. The van der Waals surface area contributed by atoms with Crippen LogP contribution in [0.4, 0.5) is 0 Å². The summed E-state index contributed by atoms with van der Waals surface area (Å²) in [6.07, 6.45) is 0. The molecule has 1 rings (SSSR count). The van der Waals surface area contributed by atoms with Crippen molar-refractivity contribution in [2.75, 3.05) is 6.61 Å². The molecule has 0 spiro atoms. The molecule has 16 heavy (non-hydrogen) atoms. The highest BCUT2D eigenvalue weighted by Gasteiger charge is 2.14. The second-order valence-corrected chi connectivity index (χ2v) is 3.55. The largest absolute Gasteiger partial charge is 0.508 e. The number of hydrogen-bond acceptors (Lipinski definition) is 4. The quantitative estimate of drug-likeness (QED) is 0.683. The molecule has 4 nitrogen and oxygen atoms in total. The number of aromatic hydroxyl groups is 1. The highest BCUT2D eigenvalue weighted by atomic mass is 79.9. The topological polar surface area (TPSA) is 70.3 Å². The van der Waals surface area contributed by atoms with Crippen LogP contribution in [-0.2, 0) is 10.1 Å². The van der Waals surface area contributed by atoms with Gasteiger partial charge in [-0.25, -0.2) is 4.79 Å². The molecule has 1 N–H and O–H groups in total. The molecule has 1 aromatic carbocycles. The molecule has 0 aliphatic rings. The van der Waals surface area contributed by atoms with Gasteiger partial charge in [0, 0.05) is 10.9 Å². The number of nitriles is 1. The minimum Gasteiger partial charge on any atom is -0.508 e. The summed E-state index contributed by atoms with van der Waals surface area (Å²) >= 11 is 3.17. The van der Waals surface area contributed by atoms with Crippen molar-refractivity contribution < 1.29 is 14.6 Å². The Morgan fingerprint density at radius 3 is 2.81 bits per heavy atom. The van der Waals surface area contributed by atoms with E-state index >= 15 is 0 Å². The second-order valence-electron chi connectivity index (χ2n) is 2.99. The predicted molar refractivity (Wildman–Crippen MR) is 61.4 cm³/mol. The lowest BCUT2D eigenvalue weighted by Crippen LogP contribution is -2.05. The van der Waals surface area contributed by atoms with Gasteiger partial charge in [-0.05, 0) is 19.1 Å². The normalized spacial score (nSPS) is 9.56. The van der Waals surface area contributed by atoms with Gasteiger partial charge in [-0.15, -0.1) is 0 Å². The van der Waals surface area contributed by atoms with Crippen LogP contribution in [-0.4, -0.2) is 17.7 Å². The third-order valence-electron chi connectivity index (χ3n) is 1.99. The highest BCUT2D eigenvalue weighted by Crippen LogP contribution is 2.25. The molecule has 0 saturated heterocycles. The lowest BCUT2D eigenvalue weighted by Gasteiger charge is -2.07. The van der Waals surface area contributed by atoms with Gasteiger partial charge in [0.05, 0.1) is 23.8 Å². The van der Waals surface area contributed by atoms with Crippen LogP contribution in [0.25, 0.3) is 0 Å². The fraction of sp³-hybridized carbons (Fsp3) is 0.273. The number of nitrogens with zero attached hydrogens (tertiary/aromatic N) is 1. The standard InChI is InChI=1S/C11H10BrNO3/c1-2-16-11(15)7-3-8(6-13)9(5-12)10(14)4-7/h3-4,14H,2,5H2,1H3. The monoisotopic (exact) mass is 283 g/mol. The Balaban J connectivity index is 3.21. The summed E-state index contributed by atoms with van der Waals surface area (Å²) in [7, 11) is 0. The summed E-state index contributed by atoms with van der Waals surface area (Å²) in [5.41, 5.74) is 0.913. The molecule has 0 fully saturated rings. The summed E-state index contributed by atoms with van der Waals surface area (Å²) in [6.45, 7) is 1.94. The lowest BCUT2D eigenvalue weighted by molar-refractivity contribution is 0.0526. The number of halogens is 1. The number of rotatable bonds is 3. The molecular formula is C11H10BrNO3. The number of carbonyl (C=O) groups excluding carboxylic acids is 1. The average molecular weight is 284 g/mol. The molecule has 1 aromatic rings. The molecule has 0 unspecified atom stereocenters. The number of carbonyl (C=O) groups is 1. The predicted octanol–water partition coefficient (Wildman–Crippen LogP) is 2.34. The summed E-state index contributed by atoms with van der Waals surface area (Å²) in [4.78, 5) is 11.4. The van der Waals surface area contributed by atoms with Crippen molar-refractivity contribution in [3.63, 3.8) is 0 Å². The Kier molecular flexibility index (Phi) is 4.32. The molecule has 0 atom stereocenters. The van der Waals surface area contributed by atoms with Gasteiger partial charge >= 0.3 is 5.97 Å². The maximum atomic E-state index is 11.4. The zero-order chi connectivity index (χ0) is 12.1. The summed E-state index contributed by atoms with van der Waals surface area (Å²) < 4.78 is 4.78. The molecule has 0 bridgehead atoms. The Hall–Kier alpha value is -1.54. The van der Waals surface area contributed by atoms with E-state index in [1.165, 1.54) is 12.1 Å². The summed E-state index contributed by atoms with van der Waals surface area (Å²) in [5, 5.41) is 18.9. The summed E-state index contributed by atoms with van der Waals surface area (Å²) in [5.74, 6) is -0.630. The van der Waals surface area contributed by atoms with E-state index < -0.39 is 5.97 Å². The van der Waals surface area contributed by atoms with Gasteiger partial charge < -0.3 is 9.84 Å². The Labute approximate surface area is 102 Å². The van der Waals surface area contributed by atoms with E-state index in [0.717, 1.165) is 0 Å². The zero-order valence-electron chi connectivity index (χ0n) is 8.66. The minimum absolute atomic E-state index is 0.0843. The second kappa shape index (κ2) is 5.52. The Bertz CT molecular complexity index is 451. The lowest BCUT2D eigenvalue weighted by atomic mass is 10.0. The number of alkyl halides is 1. The number of esters is 1. The Morgan fingerprint density at radius 2 is 2.31 bits per heavy atom. The van der Waals surface area contributed by atoms with Gasteiger partial charge in [0.15, 0.2) is 0 Å². The van der Waals surface area contributed by atoms with E-state index in [1.54, 1.807) is 6.92 Å². The van der Waals surface area contributed by atoms with Crippen LogP contribution in [0.1, 0.15) is 28.4 Å². The van der Waals surface area contributed by atoms with Crippen molar-refractivity contribution in [1.29, 1.82) is 5.26 Å². The SMILES string of the molecule is CCOC(=O)c1cc(O)c(CBr)c(C#N)c1. The van der Waals surface area contributed by atoms with E-state index in [4.69, 9.17) is 10.00 Å². The van der Waals surface area contributed by atoms with Gasteiger partial charge in [0.1, 0.15) is 5.75 Å². The van der Waals surface area contributed by atoms with E-state index in [9.17, 15) is 9.90 Å². The van der Waals surface area contributed by atoms with Crippen molar-refractivity contribution in [2.24, 2.45) is 0 Å². The maximum absolute atomic E-state index is 11.4. The minimum atomic E-state index is -0.546. The first-order chi connectivity index (χ1) is 7.63. The van der Waals surface area contributed by atoms with E-state index in [2.05, 4.69) is 15.9 Å². The summed E-state index contributed by atoms with van der Waals surface area (Å²) in [6, 6.07) is 4.64. The first-order valence-electron chi connectivity index (χ1n) is 4.63. The molecule has 0 amide bonds. The van der Waals surface area contributed by atoms with Crippen molar-refractivity contribution in [1.82, 2.24) is 0 Å². The van der Waals surface area contributed by atoms with Gasteiger partial charge in [0.2, 0.25) is 0 Å². The third kappa shape index (κ3) is 2.52. The fourth-order valence-electron chi connectivity index (χ4n) is 1.23. The van der Waals surface area contributed by atoms with Gasteiger partial charge in [0.25, 0.3) is 0 Å². The first kappa shape index (κ1) is 12.5. The number of phenols is 1. The van der Waals surface area contributed by atoms with E-state index in [1.807, 2.05) is 6.07 Å². The van der Waals surface area contributed by atoms with Crippen LogP contribution in [0.2, 0.25) is 0 Å². The van der Waals surface area contributed by atoms with Crippen molar-refractivity contribution >= 4 is 21.9 Å². The third-order valence-corrected chi connectivity index (χ3v) is 2.55. The molecule has 0 heterocycles. The zero-order valence-corrected chi connectivity index (χ0v) is 10.2. The smallest absolute Gasteiger partial charge is 0.338 e. The molecule has 0 saturated carbocycles. The van der Waals surface area contributed by atoms with Gasteiger partial charge in [-0.3, -0.25) is 0 Å².